The number of carbonyl (C=O) groups excluding carboxylic acids is 1. The van der Waals surface area contributed by atoms with Crippen LogP contribution in [0.1, 0.15) is 50.7 Å². The lowest BCUT2D eigenvalue weighted by Crippen LogP contribution is -2.52. The first-order chi connectivity index (χ1) is 13.9. The van der Waals surface area contributed by atoms with Gasteiger partial charge in [-0.3, -0.25) is 4.68 Å². The van der Waals surface area contributed by atoms with Crippen LogP contribution in [0.2, 0.25) is 5.02 Å². The van der Waals surface area contributed by atoms with Gasteiger partial charge in [-0.15, -0.1) is 0 Å². The van der Waals surface area contributed by atoms with E-state index in [9.17, 15) is 15.0 Å². The van der Waals surface area contributed by atoms with E-state index in [4.69, 9.17) is 11.6 Å². The molecule has 2 aliphatic heterocycles. The molecule has 29 heavy (non-hydrogen) atoms. The molecular weight excluding hydrogens is 392 g/mol. The van der Waals surface area contributed by atoms with E-state index < -0.39 is 17.7 Å². The second kappa shape index (κ2) is 6.86. The number of urea groups is 1. The average Bonchev–Trinajstić information content (AvgIpc) is 3.37. The summed E-state index contributed by atoms with van der Waals surface area (Å²) < 4.78 is 1.97. The lowest BCUT2D eigenvalue weighted by Gasteiger charge is -2.43. The summed E-state index contributed by atoms with van der Waals surface area (Å²) in [5.74, 6) is 0.188. The lowest BCUT2D eigenvalue weighted by atomic mass is 9.75. The maximum Gasteiger partial charge on any atom is 0.317 e. The molecule has 1 aromatic carbocycles. The molecule has 2 amide bonds. The largest absolute Gasteiger partial charge is 0.391 e. The summed E-state index contributed by atoms with van der Waals surface area (Å²) >= 11 is 6.24. The number of benzene rings is 1. The molecule has 1 aromatic heterocycles. The van der Waals surface area contributed by atoms with Gasteiger partial charge in [0.2, 0.25) is 0 Å². The van der Waals surface area contributed by atoms with Crippen LogP contribution in [-0.4, -0.2) is 56.2 Å². The number of rotatable bonds is 2. The number of hydrogen-bond acceptors (Lipinski definition) is 4. The zero-order valence-corrected chi connectivity index (χ0v) is 17.3. The second-order valence-electron chi connectivity index (χ2n) is 8.93. The molecule has 2 fully saturated rings. The Hall–Kier alpha value is -1.83. The van der Waals surface area contributed by atoms with Crippen molar-refractivity contribution in [3.05, 3.63) is 28.9 Å². The molecule has 156 valence electrons. The van der Waals surface area contributed by atoms with Crippen LogP contribution in [0.4, 0.5) is 4.79 Å². The third kappa shape index (κ3) is 2.86. The van der Waals surface area contributed by atoms with E-state index in [1.807, 2.05) is 27.9 Å². The van der Waals surface area contributed by atoms with Crippen molar-refractivity contribution in [3.8, 4) is 0 Å². The average molecular weight is 419 g/mol. The number of likely N-dealkylation sites (tertiary alicyclic amines) is 1. The highest BCUT2D eigenvalue weighted by Crippen LogP contribution is 2.51. The summed E-state index contributed by atoms with van der Waals surface area (Å²) in [5, 5.41) is 30.3. The van der Waals surface area contributed by atoms with Crippen LogP contribution in [0, 0.1) is 5.92 Å². The van der Waals surface area contributed by atoms with E-state index in [0.29, 0.717) is 18.1 Å². The molecule has 0 spiro atoms. The summed E-state index contributed by atoms with van der Waals surface area (Å²) in [4.78, 5) is 14.5. The fraction of sp³-hybridized carbons (Fsp3) is 0.619. The van der Waals surface area contributed by atoms with Crippen molar-refractivity contribution < 1.29 is 15.0 Å². The van der Waals surface area contributed by atoms with Gasteiger partial charge < -0.3 is 20.4 Å². The molecule has 1 saturated carbocycles. The SMILES string of the molecule is CC1(C2CCN(C(=O)N[C@H]3CCC[C@H]3O)CC2)[C@H](O)c2cc(Cl)cc3cnn1c23. The number of carbonyl (C=O) groups is 1. The molecule has 1 unspecified atom stereocenters. The minimum absolute atomic E-state index is 0.0944. The van der Waals surface area contributed by atoms with Crippen molar-refractivity contribution >= 4 is 28.5 Å². The molecule has 1 aliphatic carbocycles. The highest BCUT2D eigenvalue weighted by molar-refractivity contribution is 6.31. The van der Waals surface area contributed by atoms with E-state index in [0.717, 1.165) is 48.6 Å². The number of amides is 2. The molecule has 8 heteroatoms. The number of nitrogens with zero attached hydrogens (tertiary/aromatic N) is 3. The quantitative estimate of drug-likeness (QED) is 0.699. The topological polar surface area (TPSA) is 90.6 Å². The van der Waals surface area contributed by atoms with Gasteiger partial charge in [-0.1, -0.05) is 11.6 Å². The van der Waals surface area contributed by atoms with Gasteiger partial charge in [-0.2, -0.15) is 5.10 Å². The first-order valence-corrected chi connectivity index (χ1v) is 10.9. The Bertz CT molecular complexity index is 955. The van der Waals surface area contributed by atoms with Crippen molar-refractivity contribution in [3.63, 3.8) is 0 Å². The number of aliphatic hydroxyl groups is 2. The van der Waals surface area contributed by atoms with Crippen molar-refractivity contribution in [1.82, 2.24) is 20.0 Å². The summed E-state index contributed by atoms with van der Waals surface area (Å²) in [5.41, 5.74) is 1.24. The summed E-state index contributed by atoms with van der Waals surface area (Å²) in [6, 6.07) is 3.49. The Kier molecular flexibility index (Phi) is 4.53. The highest BCUT2D eigenvalue weighted by Gasteiger charge is 2.50. The number of nitrogens with one attached hydrogen (secondary N) is 1. The lowest BCUT2D eigenvalue weighted by molar-refractivity contribution is -0.0119. The van der Waals surface area contributed by atoms with Gasteiger partial charge in [0.05, 0.1) is 29.4 Å². The van der Waals surface area contributed by atoms with Crippen molar-refractivity contribution in [2.24, 2.45) is 5.92 Å². The van der Waals surface area contributed by atoms with Crippen LogP contribution in [-0.2, 0) is 5.54 Å². The Labute approximate surface area is 174 Å². The number of piperidine rings is 1. The Morgan fingerprint density at radius 3 is 2.69 bits per heavy atom. The fourth-order valence-electron chi connectivity index (χ4n) is 5.59. The molecule has 4 atom stereocenters. The third-order valence-corrected chi connectivity index (χ3v) is 7.58. The molecule has 3 heterocycles. The molecule has 2 aromatic rings. The number of aliphatic hydroxyl groups excluding tert-OH is 2. The van der Waals surface area contributed by atoms with Crippen molar-refractivity contribution in [2.45, 2.75) is 62.8 Å². The zero-order chi connectivity index (χ0) is 20.3. The number of hydrogen-bond donors (Lipinski definition) is 3. The van der Waals surface area contributed by atoms with Crippen LogP contribution in [0.15, 0.2) is 18.3 Å². The van der Waals surface area contributed by atoms with Gasteiger partial charge in [0.15, 0.2) is 0 Å². The molecule has 0 radical (unpaired) electrons. The Morgan fingerprint density at radius 2 is 2.00 bits per heavy atom. The van der Waals surface area contributed by atoms with Gasteiger partial charge >= 0.3 is 6.03 Å². The Morgan fingerprint density at radius 1 is 1.24 bits per heavy atom. The van der Waals surface area contributed by atoms with Crippen LogP contribution in [0.5, 0.6) is 0 Å². The fourth-order valence-corrected chi connectivity index (χ4v) is 5.82. The summed E-state index contributed by atoms with van der Waals surface area (Å²) in [6.07, 6.45) is 4.82. The van der Waals surface area contributed by atoms with Crippen LogP contribution >= 0.6 is 11.6 Å². The first-order valence-electron chi connectivity index (χ1n) is 10.5. The molecule has 1 saturated heterocycles. The normalized spacial score (nSPS) is 32.3. The number of halogens is 1. The summed E-state index contributed by atoms with van der Waals surface area (Å²) in [7, 11) is 0. The monoisotopic (exact) mass is 418 g/mol. The van der Waals surface area contributed by atoms with E-state index in [1.54, 1.807) is 0 Å². The maximum absolute atomic E-state index is 12.6. The summed E-state index contributed by atoms with van der Waals surface area (Å²) in [6.45, 7) is 3.32. The van der Waals surface area contributed by atoms with Gasteiger partial charge in [-0.25, -0.2) is 4.79 Å². The number of aromatic nitrogens is 2. The molecule has 0 bridgehead atoms. The van der Waals surface area contributed by atoms with Crippen molar-refractivity contribution in [1.29, 1.82) is 0 Å². The molecular formula is C21H27ClN4O3. The molecule has 3 N–H and O–H groups in total. The minimum Gasteiger partial charge on any atom is -0.391 e. The Balaban J connectivity index is 1.31. The smallest absolute Gasteiger partial charge is 0.317 e. The predicted molar refractivity (Wildman–Crippen MR) is 110 cm³/mol. The van der Waals surface area contributed by atoms with Crippen LogP contribution < -0.4 is 5.32 Å². The van der Waals surface area contributed by atoms with Gasteiger partial charge in [0.1, 0.15) is 6.10 Å². The van der Waals surface area contributed by atoms with Crippen LogP contribution in [0.3, 0.4) is 0 Å². The van der Waals surface area contributed by atoms with E-state index in [1.165, 1.54) is 0 Å². The molecule has 5 rings (SSSR count). The second-order valence-corrected chi connectivity index (χ2v) is 9.37. The predicted octanol–water partition coefficient (Wildman–Crippen LogP) is 2.79. The van der Waals surface area contributed by atoms with E-state index in [-0.39, 0.29) is 18.0 Å². The van der Waals surface area contributed by atoms with E-state index >= 15 is 0 Å². The van der Waals surface area contributed by atoms with Crippen molar-refractivity contribution in [2.75, 3.05) is 13.1 Å². The van der Waals surface area contributed by atoms with E-state index in [2.05, 4.69) is 17.3 Å². The molecule has 3 aliphatic rings. The van der Waals surface area contributed by atoms with Gasteiger partial charge in [-0.05, 0) is 57.1 Å². The molecule has 7 nitrogen and oxygen atoms in total. The van der Waals surface area contributed by atoms with Gasteiger partial charge in [0, 0.05) is 29.1 Å². The standard InChI is InChI=1S/C21H27ClN4O3/c1-21(19(28)15-10-14(22)9-12-11-23-26(21)18(12)15)13-5-7-25(8-6-13)20(29)24-16-3-2-4-17(16)27/h9-11,13,16-17,19,27-28H,2-8H2,1H3,(H,24,29)/t16-,17+,19+,21?/m0/s1. The maximum atomic E-state index is 12.6. The highest BCUT2D eigenvalue weighted by atomic mass is 35.5. The first kappa shape index (κ1) is 19.2. The third-order valence-electron chi connectivity index (χ3n) is 7.36. The minimum atomic E-state index is -0.675. The van der Waals surface area contributed by atoms with Crippen LogP contribution in [0.25, 0.3) is 10.9 Å². The van der Waals surface area contributed by atoms with Gasteiger partial charge in [0.25, 0.3) is 0 Å². The zero-order valence-electron chi connectivity index (χ0n) is 16.5.